The van der Waals surface area contributed by atoms with E-state index < -0.39 is 6.03 Å². The molecule has 3 N–H and O–H groups in total. The van der Waals surface area contributed by atoms with Crippen LogP contribution < -0.4 is 16.0 Å². The van der Waals surface area contributed by atoms with E-state index in [1.807, 2.05) is 20.8 Å². The molecule has 9 heteroatoms. The molecule has 1 fully saturated rings. The maximum Gasteiger partial charge on any atom is 0.321 e. The quantitative estimate of drug-likeness (QED) is 0.689. The summed E-state index contributed by atoms with van der Waals surface area (Å²) in [7, 11) is 0. The molecule has 0 saturated heterocycles. The fourth-order valence-corrected chi connectivity index (χ4v) is 4.16. The van der Waals surface area contributed by atoms with Crippen molar-refractivity contribution in [2.75, 3.05) is 11.1 Å². The molecule has 0 bridgehead atoms. The van der Waals surface area contributed by atoms with Crippen molar-refractivity contribution in [3.63, 3.8) is 0 Å². The minimum atomic E-state index is -0.403. The van der Waals surface area contributed by atoms with Crippen LogP contribution in [0.15, 0.2) is 4.34 Å². The van der Waals surface area contributed by atoms with Gasteiger partial charge >= 0.3 is 6.03 Å². The van der Waals surface area contributed by atoms with Gasteiger partial charge in [0, 0.05) is 11.6 Å². The van der Waals surface area contributed by atoms with E-state index in [4.69, 9.17) is 0 Å². The molecule has 1 aromatic rings. The number of imide groups is 1. The van der Waals surface area contributed by atoms with Gasteiger partial charge in [-0.15, -0.1) is 10.2 Å². The molecule has 1 saturated carbocycles. The van der Waals surface area contributed by atoms with Gasteiger partial charge in [0.05, 0.1) is 5.75 Å². The van der Waals surface area contributed by atoms with Crippen molar-refractivity contribution in [1.29, 1.82) is 0 Å². The Hall–Kier alpha value is -1.35. The first-order valence-corrected chi connectivity index (χ1v) is 9.97. The fourth-order valence-electron chi connectivity index (χ4n) is 2.40. The number of carbonyl (C=O) groups is 2. The van der Waals surface area contributed by atoms with E-state index in [0.717, 1.165) is 30.8 Å². The third-order valence-corrected chi connectivity index (χ3v) is 5.38. The highest BCUT2D eigenvalue weighted by molar-refractivity contribution is 8.01. The maximum atomic E-state index is 11.9. The Morgan fingerprint density at radius 1 is 1.21 bits per heavy atom. The van der Waals surface area contributed by atoms with Crippen LogP contribution in [0.3, 0.4) is 0 Å². The summed E-state index contributed by atoms with van der Waals surface area (Å²) in [6, 6.07) is -0.215. The highest BCUT2D eigenvalue weighted by Gasteiger charge is 2.18. The lowest BCUT2D eigenvalue weighted by atomic mass is 9.96. The molecule has 1 aliphatic rings. The van der Waals surface area contributed by atoms with Crippen molar-refractivity contribution in [3.05, 3.63) is 0 Å². The Labute approximate surface area is 150 Å². The van der Waals surface area contributed by atoms with Crippen molar-refractivity contribution in [2.24, 2.45) is 0 Å². The molecule has 7 nitrogen and oxygen atoms in total. The first-order chi connectivity index (χ1) is 11.3. The number of aromatic nitrogens is 2. The monoisotopic (exact) mass is 371 g/mol. The summed E-state index contributed by atoms with van der Waals surface area (Å²) in [5.41, 5.74) is -0.0872. The summed E-state index contributed by atoms with van der Waals surface area (Å²) >= 11 is 2.67. The Kier molecular flexibility index (Phi) is 6.85. The third kappa shape index (κ3) is 7.04. The Morgan fingerprint density at radius 3 is 2.58 bits per heavy atom. The molecular formula is C15H25N5O2S2. The number of carbonyl (C=O) groups excluding carboxylic acids is 2. The van der Waals surface area contributed by atoms with Crippen molar-refractivity contribution in [1.82, 2.24) is 20.8 Å². The molecule has 0 spiro atoms. The summed E-state index contributed by atoms with van der Waals surface area (Å²) in [5, 5.41) is 17.3. The van der Waals surface area contributed by atoms with E-state index in [1.165, 1.54) is 29.5 Å². The third-order valence-electron chi connectivity index (χ3n) is 3.41. The fraction of sp³-hybridized carbons (Fsp3) is 0.733. The average molecular weight is 372 g/mol. The summed E-state index contributed by atoms with van der Waals surface area (Å²) in [6.45, 7) is 6.12. The van der Waals surface area contributed by atoms with E-state index >= 15 is 0 Å². The number of nitrogens with zero attached hydrogens (tertiary/aromatic N) is 2. The maximum absolute atomic E-state index is 11.9. The highest BCUT2D eigenvalue weighted by atomic mass is 32.2. The van der Waals surface area contributed by atoms with Crippen LogP contribution in [-0.2, 0) is 4.79 Å². The lowest BCUT2D eigenvalue weighted by Gasteiger charge is -2.22. The van der Waals surface area contributed by atoms with Crippen LogP contribution in [0, 0.1) is 0 Å². The molecular weight excluding hydrogens is 346 g/mol. The molecule has 1 heterocycles. The molecule has 3 amide bonds. The standard InChI is InChI=1S/C15H25N5O2S2/c1-15(2,3)18-13-19-20-14(24-13)23-9-11(21)17-12(22)16-10-7-5-4-6-8-10/h10H,4-9H2,1-3H3,(H,18,19)(H2,16,17,21,22). The normalized spacial score (nSPS) is 15.8. The molecule has 134 valence electrons. The minimum Gasteiger partial charge on any atom is -0.355 e. The average Bonchev–Trinajstić information content (AvgIpc) is 2.91. The van der Waals surface area contributed by atoms with Crippen molar-refractivity contribution >= 4 is 40.2 Å². The molecule has 0 unspecified atom stereocenters. The SMILES string of the molecule is CC(C)(C)Nc1nnc(SCC(=O)NC(=O)NC2CCCCC2)s1. The van der Waals surface area contributed by atoms with Gasteiger partial charge in [-0.3, -0.25) is 10.1 Å². The second kappa shape index (κ2) is 8.66. The van der Waals surface area contributed by atoms with Crippen molar-refractivity contribution in [3.8, 4) is 0 Å². The van der Waals surface area contributed by atoms with Gasteiger partial charge in [-0.05, 0) is 33.6 Å². The van der Waals surface area contributed by atoms with Gasteiger partial charge in [0.15, 0.2) is 4.34 Å². The molecule has 0 aromatic carbocycles. The van der Waals surface area contributed by atoms with Gasteiger partial charge < -0.3 is 10.6 Å². The first kappa shape index (κ1) is 19.0. The van der Waals surface area contributed by atoms with Crippen molar-refractivity contribution < 1.29 is 9.59 Å². The van der Waals surface area contributed by atoms with Crippen LogP contribution in [0.25, 0.3) is 0 Å². The Balaban J connectivity index is 1.69. The van der Waals surface area contributed by atoms with Crippen LogP contribution in [-0.4, -0.2) is 39.5 Å². The zero-order valence-corrected chi connectivity index (χ0v) is 16.0. The smallest absolute Gasteiger partial charge is 0.321 e. The molecule has 1 aromatic heterocycles. The van der Waals surface area contributed by atoms with E-state index in [1.54, 1.807) is 0 Å². The number of thioether (sulfide) groups is 1. The minimum absolute atomic E-state index is 0.0872. The van der Waals surface area contributed by atoms with Gasteiger partial charge in [0.2, 0.25) is 11.0 Å². The lowest BCUT2D eigenvalue weighted by Crippen LogP contribution is -2.45. The number of rotatable bonds is 5. The summed E-state index contributed by atoms with van der Waals surface area (Å²) in [4.78, 5) is 23.7. The zero-order valence-electron chi connectivity index (χ0n) is 14.3. The van der Waals surface area contributed by atoms with E-state index in [9.17, 15) is 9.59 Å². The van der Waals surface area contributed by atoms with Gasteiger partial charge in [0.1, 0.15) is 0 Å². The van der Waals surface area contributed by atoms with Crippen LogP contribution in [0.2, 0.25) is 0 Å². The van der Waals surface area contributed by atoms with E-state index in [-0.39, 0.29) is 23.2 Å². The van der Waals surface area contributed by atoms with Gasteiger partial charge in [-0.25, -0.2) is 4.79 Å². The number of nitrogens with one attached hydrogen (secondary N) is 3. The predicted molar refractivity (Wildman–Crippen MR) is 97.6 cm³/mol. The zero-order chi connectivity index (χ0) is 17.6. The summed E-state index contributed by atoms with van der Waals surface area (Å²) in [5.74, 6) is -0.184. The lowest BCUT2D eigenvalue weighted by molar-refractivity contribution is -0.117. The van der Waals surface area contributed by atoms with E-state index in [2.05, 4.69) is 26.1 Å². The highest BCUT2D eigenvalue weighted by Crippen LogP contribution is 2.27. The van der Waals surface area contributed by atoms with Gasteiger partial charge in [0.25, 0.3) is 0 Å². The molecule has 2 rings (SSSR count). The predicted octanol–water partition coefficient (Wildman–Crippen LogP) is 3.00. The first-order valence-electron chi connectivity index (χ1n) is 8.17. The molecule has 24 heavy (non-hydrogen) atoms. The number of hydrogen-bond acceptors (Lipinski definition) is 7. The number of amides is 3. The topological polar surface area (TPSA) is 96.0 Å². The van der Waals surface area contributed by atoms with Crippen molar-refractivity contribution in [2.45, 2.75) is 68.8 Å². The summed E-state index contributed by atoms with van der Waals surface area (Å²) in [6.07, 6.45) is 5.48. The van der Waals surface area contributed by atoms with Crippen LogP contribution >= 0.6 is 23.1 Å². The number of urea groups is 1. The van der Waals surface area contributed by atoms with Gasteiger partial charge in [-0.1, -0.05) is 42.4 Å². The second-order valence-electron chi connectivity index (χ2n) is 6.89. The summed E-state index contributed by atoms with van der Waals surface area (Å²) < 4.78 is 0.699. The molecule has 0 aliphatic heterocycles. The largest absolute Gasteiger partial charge is 0.355 e. The van der Waals surface area contributed by atoms with Crippen LogP contribution in [0.1, 0.15) is 52.9 Å². The molecule has 0 radical (unpaired) electrons. The Bertz CT molecular complexity index is 564. The van der Waals surface area contributed by atoms with Gasteiger partial charge in [-0.2, -0.15) is 0 Å². The second-order valence-corrected chi connectivity index (χ2v) is 9.09. The Morgan fingerprint density at radius 2 is 1.92 bits per heavy atom. The number of hydrogen-bond donors (Lipinski definition) is 3. The number of anilines is 1. The molecule has 0 atom stereocenters. The van der Waals surface area contributed by atoms with E-state index in [0.29, 0.717) is 4.34 Å². The van der Waals surface area contributed by atoms with Crippen LogP contribution in [0.4, 0.5) is 9.93 Å². The van der Waals surface area contributed by atoms with Crippen LogP contribution in [0.5, 0.6) is 0 Å². The molecule has 1 aliphatic carbocycles.